The van der Waals surface area contributed by atoms with E-state index in [2.05, 4.69) is 5.10 Å². The molecule has 0 atom stereocenters. The van der Waals surface area contributed by atoms with Gasteiger partial charge in [-0.15, -0.1) is 0 Å². The van der Waals surface area contributed by atoms with Crippen molar-refractivity contribution in [1.29, 1.82) is 0 Å². The number of nitrogens with two attached hydrogens (primary N) is 1. The summed E-state index contributed by atoms with van der Waals surface area (Å²) in [6.45, 7) is 2.34. The van der Waals surface area contributed by atoms with Crippen LogP contribution < -0.4 is 5.73 Å². The Morgan fingerprint density at radius 1 is 1.38 bits per heavy atom. The third-order valence-corrected chi connectivity index (χ3v) is 3.15. The zero-order chi connectivity index (χ0) is 16.2. The number of rotatable bonds is 6. The fourth-order valence-electron chi connectivity index (χ4n) is 1.84. The first-order valence-electron chi connectivity index (χ1n) is 6.57. The molecule has 0 aliphatic rings. The maximum absolute atomic E-state index is 12.6. The van der Waals surface area contributed by atoms with E-state index in [1.807, 2.05) is 0 Å². The molecule has 1 heterocycles. The molecule has 1 aromatic rings. The van der Waals surface area contributed by atoms with E-state index in [1.54, 1.807) is 35.2 Å². The molecule has 0 saturated heterocycles. The summed E-state index contributed by atoms with van der Waals surface area (Å²) in [5, 5.41) is 4.13. The van der Waals surface area contributed by atoms with Crippen molar-refractivity contribution in [2.75, 3.05) is 46.6 Å². The second kappa shape index (κ2) is 7.07. The van der Waals surface area contributed by atoms with Gasteiger partial charge in [-0.2, -0.15) is 5.10 Å². The number of anilines is 1. The predicted molar refractivity (Wildman–Crippen MR) is 78.8 cm³/mol. The quantitative estimate of drug-likeness (QED) is 0.763. The molecule has 0 spiro atoms. The lowest BCUT2D eigenvalue weighted by atomic mass is 10.2. The number of aromatic nitrogens is 2. The smallest absolute Gasteiger partial charge is 0.274 e. The molecular weight excluding hydrogens is 274 g/mol. The van der Waals surface area contributed by atoms with Crippen LogP contribution in [0.5, 0.6) is 0 Å². The zero-order valence-corrected chi connectivity index (χ0v) is 13.2. The normalized spacial score (nSPS) is 10.5. The number of aryl methyl sites for hydroxylation is 2. The molecule has 0 aromatic carbocycles. The van der Waals surface area contributed by atoms with Crippen LogP contribution in [0.2, 0.25) is 0 Å². The Labute approximate surface area is 124 Å². The minimum Gasteiger partial charge on any atom is -0.395 e. The number of hydrogen-bond donors (Lipinski definition) is 1. The highest BCUT2D eigenvalue weighted by Crippen LogP contribution is 2.17. The minimum absolute atomic E-state index is 0.0289. The molecule has 0 aliphatic carbocycles. The van der Waals surface area contributed by atoms with Crippen molar-refractivity contribution >= 4 is 17.5 Å². The third kappa shape index (κ3) is 3.94. The summed E-state index contributed by atoms with van der Waals surface area (Å²) in [5.74, 6) is -0.500. The predicted octanol–water partition coefficient (Wildman–Crippen LogP) is -0.512. The number of carbonyl (C=O) groups is 2. The number of hydrogen-bond acceptors (Lipinski definition) is 5. The molecule has 0 radical (unpaired) electrons. The molecule has 0 saturated carbocycles. The van der Waals surface area contributed by atoms with Gasteiger partial charge in [-0.3, -0.25) is 14.3 Å². The first-order chi connectivity index (χ1) is 9.79. The van der Waals surface area contributed by atoms with Crippen molar-refractivity contribution in [2.24, 2.45) is 7.05 Å². The molecule has 2 amide bonds. The van der Waals surface area contributed by atoms with Gasteiger partial charge in [0, 0.05) is 34.8 Å². The van der Waals surface area contributed by atoms with E-state index < -0.39 is 0 Å². The first kappa shape index (κ1) is 17.0. The summed E-state index contributed by atoms with van der Waals surface area (Å²) in [6, 6.07) is 0. The topological polar surface area (TPSA) is 93.7 Å². The van der Waals surface area contributed by atoms with E-state index in [0.29, 0.717) is 24.5 Å². The van der Waals surface area contributed by atoms with Gasteiger partial charge < -0.3 is 20.3 Å². The van der Waals surface area contributed by atoms with Crippen molar-refractivity contribution in [3.05, 3.63) is 11.4 Å². The largest absolute Gasteiger partial charge is 0.395 e. The Morgan fingerprint density at radius 2 is 2.00 bits per heavy atom. The van der Waals surface area contributed by atoms with Crippen LogP contribution in [0.1, 0.15) is 16.2 Å². The van der Waals surface area contributed by atoms with Gasteiger partial charge in [-0.25, -0.2) is 0 Å². The van der Waals surface area contributed by atoms with E-state index in [9.17, 15) is 9.59 Å². The molecule has 1 rings (SSSR count). The number of methoxy groups -OCH3 is 1. The lowest BCUT2D eigenvalue weighted by molar-refractivity contribution is -0.129. The summed E-state index contributed by atoms with van der Waals surface area (Å²) in [5.41, 5.74) is 7.12. The number of nitrogens with zero attached hydrogens (tertiary/aromatic N) is 4. The number of likely N-dealkylation sites (N-methyl/N-ethyl adjacent to an activating group) is 1. The molecule has 8 nitrogen and oxygen atoms in total. The Morgan fingerprint density at radius 3 is 2.43 bits per heavy atom. The summed E-state index contributed by atoms with van der Waals surface area (Å²) >= 11 is 0. The fourth-order valence-corrected chi connectivity index (χ4v) is 1.84. The zero-order valence-electron chi connectivity index (χ0n) is 13.2. The van der Waals surface area contributed by atoms with Gasteiger partial charge in [0.1, 0.15) is 12.2 Å². The Bertz CT molecular complexity index is 524. The summed E-state index contributed by atoms with van der Waals surface area (Å²) in [7, 11) is 6.48. The maximum Gasteiger partial charge on any atom is 0.274 e. The van der Waals surface area contributed by atoms with Gasteiger partial charge in [0.15, 0.2) is 0 Å². The highest BCUT2D eigenvalue weighted by atomic mass is 16.5. The number of amides is 2. The molecule has 21 heavy (non-hydrogen) atoms. The summed E-state index contributed by atoms with van der Waals surface area (Å²) < 4.78 is 6.43. The molecule has 2 N–H and O–H groups in total. The Kier molecular flexibility index (Phi) is 5.71. The molecule has 0 bridgehead atoms. The molecule has 0 fully saturated rings. The lowest BCUT2D eigenvalue weighted by Gasteiger charge is -2.23. The second-order valence-corrected chi connectivity index (χ2v) is 4.98. The third-order valence-electron chi connectivity index (χ3n) is 3.15. The van der Waals surface area contributed by atoms with Crippen LogP contribution in [-0.4, -0.2) is 72.3 Å². The lowest BCUT2D eigenvalue weighted by Crippen LogP contribution is -2.42. The van der Waals surface area contributed by atoms with Crippen molar-refractivity contribution in [2.45, 2.75) is 6.92 Å². The van der Waals surface area contributed by atoms with Crippen molar-refractivity contribution < 1.29 is 14.3 Å². The van der Waals surface area contributed by atoms with Crippen LogP contribution >= 0.6 is 0 Å². The van der Waals surface area contributed by atoms with Crippen LogP contribution in [0, 0.1) is 6.92 Å². The fraction of sp³-hybridized carbons (Fsp3) is 0.615. The van der Waals surface area contributed by atoms with Gasteiger partial charge >= 0.3 is 0 Å². The standard InChI is InChI=1S/C13H23N5O3/c1-9-11(14)12(17(4)15-9)13(20)18(6-7-21-5)8-10(19)16(2)3/h6-8,14H2,1-5H3. The van der Waals surface area contributed by atoms with Crippen LogP contribution in [0.4, 0.5) is 5.69 Å². The number of ether oxygens (including phenoxy) is 1. The first-order valence-corrected chi connectivity index (χ1v) is 6.57. The van der Waals surface area contributed by atoms with E-state index in [-0.39, 0.29) is 24.1 Å². The molecule has 1 aromatic heterocycles. The Hall–Kier alpha value is -2.09. The summed E-state index contributed by atoms with van der Waals surface area (Å²) in [6.07, 6.45) is 0. The van der Waals surface area contributed by atoms with Gasteiger partial charge in [-0.1, -0.05) is 0 Å². The van der Waals surface area contributed by atoms with Crippen LogP contribution in [-0.2, 0) is 16.6 Å². The molecule has 118 valence electrons. The molecule has 0 unspecified atom stereocenters. The van der Waals surface area contributed by atoms with Gasteiger partial charge in [0.05, 0.1) is 18.0 Å². The van der Waals surface area contributed by atoms with Gasteiger partial charge in [0.2, 0.25) is 5.91 Å². The van der Waals surface area contributed by atoms with E-state index >= 15 is 0 Å². The second-order valence-electron chi connectivity index (χ2n) is 4.98. The molecular formula is C13H23N5O3. The number of carbonyl (C=O) groups excluding carboxylic acids is 2. The van der Waals surface area contributed by atoms with Gasteiger partial charge in [0.25, 0.3) is 5.91 Å². The van der Waals surface area contributed by atoms with Crippen LogP contribution in [0.3, 0.4) is 0 Å². The number of nitrogen functional groups attached to an aromatic ring is 1. The van der Waals surface area contributed by atoms with Crippen molar-refractivity contribution in [3.63, 3.8) is 0 Å². The van der Waals surface area contributed by atoms with E-state index in [0.717, 1.165) is 0 Å². The van der Waals surface area contributed by atoms with Crippen molar-refractivity contribution in [1.82, 2.24) is 19.6 Å². The SMILES string of the molecule is COCCN(CC(=O)N(C)C)C(=O)c1c(N)c(C)nn1C. The van der Waals surface area contributed by atoms with Crippen LogP contribution in [0.25, 0.3) is 0 Å². The highest BCUT2D eigenvalue weighted by Gasteiger charge is 2.25. The van der Waals surface area contributed by atoms with E-state index in [1.165, 1.54) is 14.5 Å². The Balaban J connectivity index is 3.01. The average Bonchev–Trinajstić information content (AvgIpc) is 2.67. The van der Waals surface area contributed by atoms with Crippen molar-refractivity contribution in [3.8, 4) is 0 Å². The highest BCUT2D eigenvalue weighted by molar-refractivity contribution is 5.99. The monoisotopic (exact) mass is 297 g/mol. The minimum atomic E-state index is -0.331. The average molecular weight is 297 g/mol. The summed E-state index contributed by atoms with van der Waals surface area (Å²) in [4.78, 5) is 27.3. The van der Waals surface area contributed by atoms with Crippen LogP contribution in [0.15, 0.2) is 0 Å². The maximum atomic E-state index is 12.6. The van der Waals surface area contributed by atoms with E-state index in [4.69, 9.17) is 10.5 Å². The van der Waals surface area contributed by atoms with Gasteiger partial charge in [-0.05, 0) is 6.92 Å². The molecule has 0 aliphatic heterocycles. The molecule has 8 heteroatoms.